The number of ether oxygens (including phenoxy) is 1. The van der Waals surface area contributed by atoms with E-state index in [9.17, 15) is 4.79 Å². The van der Waals surface area contributed by atoms with Crippen LogP contribution >= 0.6 is 0 Å². The molecule has 0 bridgehead atoms. The monoisotopic (exact) mass is 292 g/mol. The van der Waals surface area contributed by atoms with E-state index in [2.05, 4.69) is 4.57 Å². The maximum absolute atomic E-state index is 12.7. The van der Waals surface area contributed by atoms with Crippen molar-refractivity contribution in [3.63, 3.8) is 0 Å². The first-order valence-corrected chi connectivity index (χ1v) is 7.95. The highest BCUT2D eigenvalue weighted by Gasteiger charge is 2.26. The maximum atomic E-state index is 12.7. The summed E-state index contributed by atoms with van der Waals surface area (Å²) >= 11 is 0. The quantitative estimate of drug-likeness (QED) is 0.782. The fraction of sp³-hybridized carbons (Fsp3) is 0.706. The zero-order valence-corrected chi connectivity index (χ0v) is 13.8. The molecule has 21 heavy (non-hydrogen) atoms. The summed E-state index contributed by atoms with van der Waals surface area (Å²) in [4.78, 5) is 14.8. The Bertz CT molecular complexity index is 493. The van der Waals surface area contributed by atoms with Crippen LogP contribution in [0.5, 0.6) is 0 Å². The van der Waals surface area contributed by atoms with E-state index in [0.717, 1.165) is 55.9 Å². The molecule has 1 aromatic heterocycles. The molecular formula is C17H28N2O2. The Morgan fingerprint density at radius 3 is 2.81 bits per heavy atom. The molecule has 1 amide bonds. The second kappa shape index (κ2) is 7.12. The number of amides is 1. The Balaban J connectivity index is 2.00. The average molecular weight is 292 g/mol. The van der Waals surface area contributed by atoms with E-state index in [4.69, 9.17) is 4.74 Å². The third-order valence-corrected chi connectivity index (χ3v) is 4.77. The van der Waals surface area contributed by atoms with Crippen molar-refractivity contribution in [1.29, 1.82) is 0 Å². The summed E-state index contributed by atoms with van der Waals surface area (Å²) in [6.45, 7) is 6.69. The first-order valence-electron chi connectivity index (χ1n) is 7.95. The van der Waals surface area contributed by atoms with Crippen molar-refractivity contribution in [1.82, 2.24) is 9.47 Å². The molecule has 118 valence electrons. The summed E-state index contributed by atoms with van der Waals surface area (Å²) in [7, 11) is 3.77. The smallest absolute Gasteiger partial charge is 0.255 e. The number of likely N-dealkylation sites (tertiary alicyclic amines) is 1. The Hall–Kier alpha value is -1.29. The summed E-state index contributed by atoms with van der Waals surface area (Å²) < 4.78 is 7.22. The van der Waals surface area contributed by atoms with Gasteiger partial charge in [0.15, 0.2) is 0 Å². The molecule has 0 N–H and O–H groups in total. The summed E-state index contributed by atoms with van der Waals surface area (Å²) in [6, 6.07) is 2.02. The minimum absolute atomic E-state index is 0.202. The van der Waals surface area contributed by atoms with Crippen LogP contribution in [-0.2, 0) is 11.8 Å². The largest absolute Gasteiger partial charge is 0.385 e. The van der Waals surface area contributed by atoms with Crippen molar-refractivity contribution in [2.24, 2.45) is 13.0 Å². The highest BCUT2D eigenvalue weighted by atomic mass is 16.5. The number of aromatic nitrogens is 1. The number of nitrogens with zero attached hydrogens (tertiary/aromatic N) is 2. The van der Waals surface area contributed by atoms with Gasteiger partial charge in [-0.2, -0.15) is 0 Å². The normalized spacial score (nSPS) is 19.0. The average Bonchev–Trinajstić information content (AvgIpc) is 2.75. The minimum atomic E-state index is 0.202. The van der Waals surface area contributed by atoms with Gasteiger partial charge in [0.05, 0.1) is 5.56 Å². The van der Waals surface area contributed by atoms with Gasteiger partial charge in [-0.1, -0.05) is 0 Å². The topological polar surface area (TPSA) is 34.5 Å². The Kier molecular flexibility index (Phi) is 5.45. The van der Waals surface area contributed by atoms with Crippen LogP contribution in [0, 0.1) is 19.8 Å². The lowest BCUT2D eigenvalue weighted by molar-refractivity contribution is 0.0659. The highest BCUT2D eigenvalue weighted by Crippen LogP contribution is 2.24. The molecule has 0 unspecified atom stereocenters. The first-order chi connectivity index (χ1) is 10.0. The predicted molar refractivity (Wildman–Crippen MR) is 84.6 cm³/mol. The SMILES string of the molecule is COCCC[C@@H]1CCCN(C(=O)c2cc(C)n(C)c2C)C1. The van der Waals surface area contributed by atoms with Gasteiger partial charge in [-0.05, 0) is 51.5 Å². The molecule has 1 aliphatic rings. The van der Waals surface area contributed by atoms with Crippen LogP contribution < -0.4 is 0 Å². The molecule has 0 spiro atoms. The molecule has 1 aliphatic heterocycles. The number of methoxy groups -OCH3 is 1. The van der Waals surface area contributed by atoms with Crippen LogP contribution in [0.1, 0.15) is 47.4 Å². The Morgan fingerprint density at radius 2 is 2.19 bits per heavy atom. The molecule has 4 nitrogen and oxygen atoms in total. The summed E-state index contributed by atoms with van der Waals surface area (Å²) in [5.41, 5.74) is 3.08. The van der Waals surface area contributed by atoms with E-state index < -0.39 is 0 Å². The first kappa shape index (κ1) is 16.1. The van der Waals surface area contributed by atoms with Crippen LogP contribution in [0.3, 0.4) is 0 Å². The molecule has 1 saturated heterocycles. The molecule has 1 fully saturated rings. The molecule has 0 saturated carbocycles. The number of carbonyl (C=O) groups excluding carboxylic acids is 1. The van der Waals surface area contributed by atoms with Crippen molar-refractivity contribution < 1.29 is 9.53 Å². The lowest BCUT2D eigenvalue weighted by Crippen LogP contribution is -2.40. The Morgan fingerprint density at radius 1 is 1.43 bits per heavy atom. The molecule has 0 aliphatic carbocycles. The van der Waals surface area contributed by atoms with Crippen molar-refractivity contribution in [2.75, 3.05) is 26.8 Å². The molecule has 4 heteroatoms. The highest BCUT2D eigenvalue weighted by molar-refractivity contribution is 5.95. The molecule has 0 radical (unpaired) electrons. The zero-order valence-electron chi connectivity index (χ0n) is 13.8. The number of hydrogen-bond acceptors (Lipinski definition) is 2. The molecule has 1 aromatic rings. The van der Waals surface area contributed by atoms with Crippen LogP contribution in [0.15, 0.2) is 6.07 Å². The lowest BCUT2D eigenvalue weighted by Gasteiger charge is -2.33. The molecule has 1 atom stereocenters. The van der Waals surface area contributed by atoms with Crippen molar-refractivity contribution in [3.8, 4) is 0 Å². The number of hydrogen-bond donors (Lipinski definition) is 0. The van der Waals surface area contributed by atoms with Gasteiger partial charge in [0, 0.05) is 45.2 Å². The van der Waals surface area contributed by atoms with Crippen LogP contribution in [0.25, 0.3) is 0 Å². The second-order valence-corrected chi connectivity index (χ2v) is 6.24. The number of carbonyl (C=O) groups is 1. The maximum Gasteiger partial charge on any atom is 0.255 e. The van der Waals surface area contributed by atoms with Gasteiger partial charge < -0.3 is 14.2 Å². The zero-order chi connectivity index (χ0) is 15.4. The van der Waals surface area contributed by atoms with Crippen molar-refractivity contribution in [3.05, 3.63) is 23.0 Å². The van der Waals surface area contributed by atoms with E-state index in [1.54, 1.807) is 7.11 Å². The number of aryl methyl sites for hydroxylation is 1. The number of piperidine rings is 1. The molecule has 0 aromatic carbocycles. The van der Waals surface area contributed by atoms with E-state index in [-0.39, 0.29) is 5.91 Å². The van der Waals surface area contributed by atoms with Gasteiger partial charge in [0.2, 0.25) is 0 Å². The van der Waals surface area contributed by atoms with Gasteiger partial charge in [-0.25, -0.2) is 0 Å². The molecule has 2 rings (SSSR count). The summed E-state index contributed by atoms with van der Waals surface area (Å²) in [5.74, 6) is 0.829. The van der Waals surface area contributed by atoms with Gasteiger partial charge in [0.1, 0.15) is 0 Å². The standard InChI is InChI=1S/C17H28N2O2/c1-13-11-16(14(2)18(13)3)17(20)19-9-5-7-15(12-19)8-6-10-21-4/h11,15H,5-10,12H2,1-4H3/t15-/m0/s1. The van der Waals surface area contributed by atoms with Gasteiger partial charge >= 0.3 is 0 Å². The van der Waals surface area contributed by atoms with Gasteiger partial charge in [-0.15, -0.1) is 0 Å². The number of rotatable bonds is 5. The summed E-state index contributed by atoms with van der Waals surface area (Å²) in [6.07, 6.45) is 4.60. The van der Waals surface area contributed by atoms with Crippen LogP contribution in [0.4, 0.5) is 0 Å². The van der Waals surface area contributed by atoms with Crippen molar-refractivity contribution in [2.45, 2.75) is 39.5 Å². The van der Waals surface area contributed by atoms with Crippen LogP contribution in [0.2, 0.25) is 0 Å². The Labute approximate surface area is 128 Å². The van der Waals surface area contributed by atoms with E-state index >= 15 is 0 Å². The van der Waals surface area contributed by atoms with Crippen LogP contribution in [-0.4, -0.2) is 42.2 Å². The minimum Gasteiger partial charge on any atom is -0.385 e. The third-order valence-electron chi connectivity index (χ3n) is 4.77. The van der Waals surface area contributed by atoms with Crippen molar-refractivity contribution >= 4 is 5.91 Å². The lowest BCUT2D eigenvalue weighted by atomic mass is 9.93. The van der Waals surface area contributed by atoms with E-state index in [1.165, 1.54) is 6.42 Å². The third kappa shape index (κ3) is 3.67. The van der Waals surface area contributed by atoms with Gasteiger partial charge in [-0.3, -0.25) is 4.79 Å². The van der Waals surface area contributed by atoms with Gasteiger partial charge in [0.25, 0.3) is 5.91 Å². The second-order valence-electron chi connectivity index (χ2n) is 6.24. The predicted octanol–water partition coefficient (Wildman–Crippen LogP) is 2.92. The van der Waals surface area contributed by atoms with E-state index in [0.29, 0.717) is 5.92 Å². The molecule has 2 heterocycles. The molecular weight excluding hydrogens is 264 g/mol. The fourth-order valence-electron chi connectivity index (χ4n) is 3.24. The fourth-order valence-corrected chi connectivity index (χ4v) is 3.24. The van der Waals surface area contributed by atoms with E-state index in [1.807, 2.05) is 31.9 Å². The summed E-state index contributed by atoms with van der Waals surface area (Å²) in [5, 5.41) is 0.